The van der Waals surface area contributed by atoms with E-state index in [0.29, 0.717) is 5.56 Å². The normalized spacial score (nSPS) is 14.1. The lowest BCUT2D eigenvalue weighted by Crippen LogP contribution is -2.36. The van der Waals surface area contributed by atoms with Crippen LogP contribution in [0, 0.1) is 0 Å². The molecule has 0 aliphatic carbocycles. The molecule has 0 saturated carbocycles. The number of morpholine rings is 1. The van der Waals surface area contributed by atoms with Crippen LogP contribution in [-0.2, 0) is 4.74 Å². The standard InChI is InChI=1S/C24H22N4O2/c29-24(27-20-2-4-21(5-3-20)28-11-13-30-14-12-28)19-8-10-26-23(16-19)17-1-6-22-18(15-17)7-9-25-22/h1-10,15-16,25H,11-14H2,(H,27,29). The largest absolute Gasteiger partial charge is 0.378 e. The second kappa shape index (κ2) is 8.00. The number of nitrogens with zero attached hydrogens (tertiary/aromatic N) is 2. The van der Waals surface area contributed by atoms with Crippen LogP contribution in [0.3, 0.4) is 0 Å². The van der Waals surface area contributed by atoms with Crippen LogP contribution < -0.4 is 10.2 Å². The molecular formula is C24H22N4O2. The Hall–Kier alpha value is -3.64. The molecule has 0 unspecified atom stereocenters. The second-order valence-corrected chi connectivity index (χ2v) is 7.31. The first-order valence-corrected chi connectivity index (χ1v) is 10.0. The molecule has 2 N–H and O–H groups in total. The van der Waals surface area contributed by atoms with Gasteiger partial charge in [-0.2, -0.15) is 0 Å². The number of rotatable bonds is 4. The van der Waals surface area contributed by atoms with Crippen molar-refractivity contribution in [3.05, 3.63) is 78.6 Å². The number of H-pyrrole nitrogens is 1. The molecule has 1 aliphatic rings. The summed E-state index contributed by atoms with van der Waals surface area (Å²) < 4.78 is 5.40. The fourth-order valence-electron chi connectivity index (χ4n) is 3.72. The highest BCUT2D eigenvalue weighted by Gasteiger charge is 2.12. The number of benzene rings is 2. The van der Waals surface area contributed by atoms with Crippen molar-refractivity contribution in [2.45, 2.75) is 0 Å². The van der Waals surface area contributed by atoms with Gasteiger partial charge >= 0.3 is 0 Å². The minimum Gasteiger partial charge on any atom is -0.378 e. The minimum atomic E-state index is -0.152. The van der Waals surface area contributed by atoms with Gasteiger partial charge in [-0.1, -0.05) is 6.07 Å². The van der Waals surface area contributed by atoms with Crippen LogP contribution in [0.2, 0.25) is 0 Å². The molecule has 30 heavy (non-hydrogen) atoms. The highest BCUT2D eigenvalue weighted by Crippen LogP contribution is 2.24. The number of ether oxygens (including phenoxy) is 1. The van der Waals surface area contributed by atoms with Crippen molar-refractivity contribution >= 4 is 28.2 Å². The molecule has 0 radical (unpaired) electrons. The average Bonchev–Trinajstić information content (AvgIpc) is 3.28. The summed E-state index contributed by atoms with van der Waals surface area (Å²) in [5, 5.41) is 4.09. The number of hydrogen-bond acceptors (Lipinski definition) is 4. The smallest absolute Gasteiger partial charge is 0.255 e. The lowest BCUT2D eigenvalue weighted by atomic mass is 10.1. The first-order chi connectivity index (χ1) is 14.8. The molecule has 0 spiro atoms. The average molecular weight is 398 g/mol. The fourth-order valence-corrected chi connectivity index (χ4v) is 3.72. The summed E-state index contributed by atoms with van der Waals surface area (Å²) in [6, 6.07) is 19.6. The molecule has 150 valence electrons. The van der Waals surface area contributed by atoms with Gasteiger partial charge in [-0.15, -0.1) is 0 Å². The van der Waals surface area contributed by atoms with E-state index in [0.717, 1.165) is 59.8 Å². The van der Waals surface area contributed by atoms with E-state index in [1.807, 2.05) is 54.7 Å². The Morgan fingerprint density at radius 1 is 1.00 bits per heavy atom. The van der Waals surface area contributed by atoms with E-state index in [4.69, 9.17) is 4.74 Å². The SMILES string of the molecule is O=C(Nc1ccc(N2CCOCC2)cc1)c1ccnc(-c2ccc3[nH]ccc3c2)c1. The number of aromatic nitrogens is 2. The first-order valence-electron chi connectivity index (χ1n) is 10.0. The number of carbonyl (C=O) groups excluding carboxylic acids is 1. The fraction of sp³-hybridized carbons (Fsp3) is 0.167. The van der Waals surface area contributed by atoms with Crippen LogP contribution in [0.5, 0.6) is 0 Å². The molecule has 1 saturated heterocycles. The highest BCUT2D eigenvalue weighted by molar-refractivity contribution is 6.04. The molecule has 2 aromatic carbocycles. The Kier molecular flexibility index (Phi) is 4.91. The number of anilines is 2. The zero-order valence-electron chi connectivity index (χ0n) is 16.5. The summed E-state index contributed by atoms with van der Waals surface area (Å²) in [5.74, 6) is -0.152. The van der Waals surface area contributed by atoms with Gasteiger partial charge in [0, 0.05) is 58.9 Å². The third kappa shape index (κ3) is 3.77. The van der Waals surface area contributed by atoms with E-state index in [1.165, 1.54) is 0 Å². The molecule has 6 heteroatoms. The Bertz CT molecular complexity index is 1180. The second-order valence-electron chi connectivity index (χ2n) is 7.31. The van der Waals surface area contributed by atoms with Crippen LogP contribution in [0.4, 0.5) is 11.4 Å². The van der Waals surface area contributed by atoms with E-state index in [2.05, 4.69) is 26.3 Å². The Labute approximate surface area is 174 Å². The maximum atomic E-state index is 12.8. The molecule has 1 aliphatic heterocycles. The first kappa shape index (κ1) is 18.4. The number of hydrogen-bond donors (Lipinski definition) is 2. The summed E-state index contributed by atoms with van der Waals surface area (Å²) in [4.78, 5) is 22.7. The van der Waals surface area contributed by atoms with Crippen LogP contribution in [-0.4, -0.2) is 42.2 Å². The van der Waals surface area contributed by atoms with Crippen molar-refractivity contribution < 1.29 is 9.53 Å². The summed E-state index contributed by atoms with van der Waals surface area (Å²) in [6.45, 7) is 3.28. The van der Waals surface area contributed by atoms with Crippen LogP contribution in [0.15, 0.2) is 73.1 Å². The van der Waals surface area contributed by atoms with Gasteiger partial charge in [0.15, 0.2) is 0 Å². The van der Waals surface area contributed by atoms with Gasteiger partial charge in [-0.05, 0) is 54.6 Å². The molecule has 6 nitrogen and oxygen atoms in total. The summed E-state index contributed by atoms with van der Waals surface area (Å²) in [5.41, 5.74) is 5.31. The number of nitrogens with one attached hydrogen (secondary N) is 2. The molecular weight excluding hydrogens is 376 g/mol. The van der Waals surface area contributed by atoms with Gasteiger partial charge in [0.05, 0.1) is 18.9 Å². The maximum Gasteiger partial charge on any atom is 0.255 e. The molecule has 0 atom stereocenters. The topological polar surface area (TPSA) is 70.2 Å². The molecule has 1 amide bonds. The number of aromatic amines is 1. The monoisotopic (exact) mass is 398 g/mol. The van der Waals surface area contributed by atoms with Crippen LogP contribution in [0.1, 0.15) is 10.4 Å². The highest BCUT2D eigenvalue weighted by atomic mass is 16.5. The van der Waals surface area contributed by atoms with E-state index in [9.17, 15) is 4.79 Å². The number of pyridine rings is 1. The van der Waals surface area contributed by atoms with Crippen molar-refractivity contribution in [2.24, 2.45) is 0 Å². The lowest BCUT2D eigenvalue weighted by Gasteiger charge is -2.28. The predicted octanol–water partition coefficient (Wildman–Crippen LogP) is 4.32. The Balaban J connectivity index is 1.32. The summed E-state index contributed by atoms with van der Waals surface area (Å²) in [7, 11) is 0. The number of amides is 1. The summed E-state index contributed by atoms with van der Waals surface area (Å²) >= 11 is 0. The van der Waals surface area contributed by atoms with Gasteiger partial charge in [0.2, 0.25) is 0 Å². The maximum absolute atomic E-state index is 12.8. The minimum absolute atomic E-state index is 0.152. The van der Waals surface area contributed by atoms with E-state index in [-0.39, 0.29) is 5.91 Å². The van der Waals surface area contributed by atoms with Crippen molar-refractivity contribution in [3.63, 3.8) is 0 Å². The zero-order valence-corrected chi connectivity index (χ0v) is 16.5. The third-order valence-electron chi connectivity index (χ3n) is 5.37. The van der Waals surface area contributed by atoms with Crippen LogP contribution in [0.25, 0.3) is 22.2 Å². The van der Waals surface area contributed by atoms with Crippen molar-refractivity contribution in [3.8, 4) is 11.3 Å². The van der Waals surface area contributed by atoms with Crippen molar-refractivity contribution in [1.82, 2.24) is 9.97 Å². The van der Waals surface area contributed by atoms with E-state index < -0.39 is 0 Å². The third-order valence-corrected chi connectivity index (χ3v) is 5.37. The Morgan fingerprint density at radius 2 is 1.83 bits per heavy atom. The zero-order chi connectivity index (χ0) is 20.3. The van der Waals surface area contributed by atoms with E-state index in [1.54, 1.807) is 12.3 Å². The lowest BCUT2D eigenvalue weighted by molar-refractivity contribution is 0.102. The van der Waals surface area contributed by atoms with Gasteiger partial charge in [-0.25, -0.2) is 0 Å². The number of fused-ring (bicyclic) bond motifs is 1. The quantitative estimate of drug-likeness (QED) is 0.537. The van der Waals surface area contributed by atoms with Crippen molar-refractivity contribution in [1.29, 1.82) is 0 Å². The molecule has 2 aromatic heterocycles. The predicted molar refractivity (Wildman–Crippen MR) is 119 cm³/mol. The van der Waals surface area contributed by atoms with E-state index >= 15 is 0 Å². The molecule has 4 aromatic rings. The van der Waals surface area contributed by atoms with Crippen LogP contribution >= 0.6 is 0 Å². The molecule has 3 heterocycles. The van der Waals surface area contributed by atoms with Gasteiger partial charge < -0.3 is 19.9 Å². The van der Waals surface area contributed by atoms with Crippen molar-refractivity contribution in [2.75, 3.05) is 36.5 Å². The van der Waals surface area contributed by atoms with Gasteiger partial charge in [-0.3, -0.25) is 9.78 Å². The molecule has 1 fully saturated rings. The van der Waals surface area contributed by atoms with Gasteiger partial charge in [0.25, 0.3) is 5.91 Å². The molecule has 0 bridgehead atoms. The Morgan fingerprint density at radius 3 is 2.67 bits per heavy atom. The summed E-state index contributed by atoms with van der Waals surface area (Å²) in [6.07, 6.45) is 3.59. The number of carbonyl (C=O) groups is 1. The van der Waals surface area contributed by atoms with Gasteiger partial charge in [0.1, 0.15) is 0 Å². The molecule has 5 rings (SSSR count).